The maximum atomic E-state index is 13.0. The normalized spacial score (nSPS) is 14.0. The van der Waals surface area contributed by atoms with E-state index in [1.807, 2.05) is 0 Å². The summed E-state index contributed by atoms with van der Waals surface area (Å²) in [6.07, 6.45) is -1.84. The van der Waals surface area contributed by atoms with Crippen molar-refractivity contribution in [1.82, 2.24) is 15.3 Å². The second kappa shape index (κ2) is 10.6. The molecule has 37 heavy (non-hydrogen) atoms. The molecule has 0 fully saturated rings. The molecule has 1 aliphatic heterocycles. The fourth-order valence-corrected chi connectivity index (χ4v) is 3.58. The summed E-state index contributed by atoms with van der Waals surface area (Å²) in [4.78, 5) is 32.5. The number of amides is 4. The molecule has 1 unspecified atom stereocenters. The minimum absolute atomic E-state index is 0.0731. The first kappa shape index (κ1) is 25.6. The lowest BCUT2D eigenvalue weighted by Gasteiger charge is -2.13. The Labute approximate surface area is 213 Å². The molecule has 4 amide bonds. The predicted molar refractivity (Wildman–Crippen MR) is 131 cm³/mol. The number of alkyl halides is 3. The van der Waals surface area contributed by atoms with Gasteiger partial charge in [0.25, 0.3) is 0 Å². The predicted octanol–water partition coefficient (Wildman–Crippen LogP) is 6.29. The van der Waals surface area contributed by atoms with Crippen LogP contribution in [0, 0.1) is 0 Å². The summed E-state index contributed by atoms with van der Waals surface area (Å²) >= 11 is 5.60. The van der Waals surface area contributed by atoms with Crippen LogP contribution in [0.25, 0.3) is 0 Å². The van der Waals surface area contributed by atoms with Crippen molar-refractivity contribution >= 4 is 46.5 Å². The number of benzene rings is 2. The Kier molecular flexibility index (Phi) is 7.34. The van der Waals surface area contributed by atoms with Gasteiger partial charge in [-0.1, -0.05) is 29.8 Å². The van der Waals surface area contributed by atoms with E-state index in [1.54, 1.807) is 24.3 Å². The fraction of sp³-hybridized carbons (Fsp3) is 0.130. The summed E-state index contributed by atoms with van der Waals surface area (Å²) in [6.45, 7) is 3.80. The van der Waals surface area contributed by atoms with Crippen molar-refractivity contribution in [3.63, 3.8) is 0 Å². The van der Waals surface area contributed by atoms with Gasteiger partial charge in [0, 0.05) is 17.9 Å². The third-order valence-electron chi connectivity index (χ3n) is 5.04. The van der Waals surface area contributed by atoms with E-state index in [0.717, 1.165) is 12.1 Å². The molecule has 0 bridgehead atoms. The maximum Gasteiger partial charge on any atom is 0.417 e. The van der Waals surface area contributed by atoms with Crippen molar-refractivity contribution in [2.45, 2.75) is 12.2 Å². The Morgan fingerprint density at radius 3 is 2.41 bits per heavy atom. The molecule has 0 saturated carbocycles. The van der Waals surface area contributed by atoms with Gasteiger partial charge in [0.1, 0.15) is 18.1 Å². The lowest BCUT2D eigenvalue weighted by molar-refractivity contribution is -0.137. The van der Waals surface area contributed by atoms with Gasteiger partial charge in [-0.15, -0.1) is 11.7 Å². The summed E-state index contributed by atoms with van der Waals surface area (Å²) in [6, 6.07) is 7.83. The van der Waals surface area contributed by atoms with E-state index in [1.165, 1.54) is 18.5 Å². The number of nitrogens with one attached hydrogen (secondary N) is 4. The number of hydrogen-bond acceptors (Lipinski definition) is 6. The zero-order valence-corrected chi connectivity index (χ0v) is 19.6. The fourth-order valence-electron chi connectivity index (χ4n) is 3.36. The standard InChI is InChI=1S/C23H18ClF3N8O2/c1-2-9-28-21(36)33-20-19-18(29-11-30-20)17(34-35-19)12-3-5-13(6-4-12)31-22(37)32-14-7-8-16(24)15(10-14)23(25,26)27/h2-8,10-11,17H,1,9H2,(H2,31,32,37)(H2,28,29,30,33,36). The number of carbonyl (C=O) groups excluding carboxylic acids is 2. The van der Waals surface area contributed by atoms with Crippen LogP contribution in [0.3, 0.4) is 0 Å². The topological polar surface area (TPSA) is 133 Å². The zero-order valence-electron chi connectivity index (χ0n) is 18.8. The van der Waals surface area contributed by atoms with Crippen LogP contribution in [-0.4, -0.2) is 28.6 Å². The first-order chi connectivity index (χ1) is 17.7. The Bertz CT molecular complexity index is 1380. The van der Waals surface area contributed by atoms with E-state index in [4.69, 9.17) is 11.6 Å². The van der Waals surface area contributed by atoms with Crippen molar-refractivity contribution in [1.29, 1.82) is 0 Å². The third kappa shape index (κ3) is 6.01. The monoisotopic (exact) mass is 530 g/mol. The van der Waals surface area contributed by atoms with E-state index < -0.39 is 34.9 Å². The molecule has 0 saturated heterocycles. The van der Waals surface area contributed by atoms with E-state index >= 15 is 0 Å². The van der Waals surface area contributed by atoms with Crippen molar-refractivity contribution in [3.8, 4) is 0 Å². The molecule has 0 radical (unpaired) electrons. The number of anilines is 3. The number of urea groups is 2. The van der Waals surface area contributed by atoms with Gasteiger partial charge in [0.05, 0.1) is 10.6 Å². The third-order valence-corrected chi connectivity index (χ3v) is 5.37. The Morgan fingerprint density at radius 1 is 1.00 bits per heavy atom. The first-order valence-corrected chi connectivity index (χ1v) is 11.0. The van der Waals surface area contributed by atoms with E-state index in [2.05, 4.69) is 48.0 Å². The number of carbonyl (C=O) groups is 2. The highest BCUT2D eigenvalue weighted by molar-refractivity contribution is 6.31. The van der Waals surface area contributed by atoms with Crippen LogP contribution in [0.1, 0.15) is 22.9 Å². The highest BCUT2D eigenvalue weighted by atomic mass is 35.5. The number of nitrogens with zero attached hydrogens (tertiary/aromatic N) is 4. The molecule has 1 aromatic heterocycles. The molecule has 10 nitrogen and oxygen atoms in total. The van der Waals surface area contributed by atoms with Gasteiger partial charge < -0.3 is 16.0 Å². The molecule has 4 rings (SSSR count). The van der Waals surface area contributed by atoms with Gasteiger partial charge in [-0.2, -0.15) is 18.3 Å². The van der Waals surface area contributed by atoms with Gasteiger partial charge in [0.2, 0.25) is 0 Å². The van der Waals surface area contributed by atoms with Crippen LogP contribution in [0.15, 0.2) is 71.7 Å². The molecular weight excluding hydrogens is 513 g/mol. The number of halogens is 4. The summed E-state index contributed by atoms with van der Waals surface area (Å²) in [5, 5.41) is 17.9. The van der Waals surface area contributed by atoms with Gasteiger partial charge in [0.15, 0.2) is 11.5 Å². The number of aromatic nitrogens is 2. The average Bonchev–Trinajstić information content (AvgIpc) is 3.29. The average molecular weight is 531 g/mol. The smallest absolute Gasteiger partial charge is 0.334 e. The van der Waals surface area contributed by atoms with Crippen molar-refractivity contribution in [2.75, 3.05) is 22.5 Å². The molecule has 2 aromatic carbocycles. The van der Waals surface area contributed by atoms with E-state index in [0.29, 0.717) is 22.6 Å². The Hall–Kier alpha value is -4.52. The van der Waals surface area contributed by atoms with E-state index in [-0.39, 0.29) is 18.1 Å². The molecule has 1 atom stereocenters. The largest absolute Gasteiger partial charge is 0.417 e. The van der Waals surface area contributed by atoms with E-state index in [9.17, 15) is 22.8 Å². The summed E-state index contributed by atoms with van der Waals surface area (Å²) in [5.74, 6) is 0.198. The molecule has 4 N–H and O–H groups in total. The van der Waals surface area contributed by atoms with Gasteiger partial charge in [-0.25, -0.2) is 19.6 Å². The zero-order chi connectivity index (χ0) is 26.6. The van der Waals surface area contributed by atoms with Gasteiger partial charge in [-0.05, 0) is 35.9 Å². The van der Waals surface area contributed by atoms with Crippen molar-refractivity contribution in [2.24, 2.45) is 10.2 Å². The summed E-state index contributed by atoms with van der Waals surface area (Å²) in [7, 11) is 0. The van der Waals surface area contributed by atoms with Crippen molar-refractivity contribution in [3.05, 3.63) is 83.3 Å². The quantitative estimate of drug-likeness (QED) is 0.279. The summed E-state index contributed by atoms with van der Waals surface area (Å²) < 4.78 is 39.1. The highest BCUT2D eigenvalue weighted by Gasteiger charge is 2.33. The second-order valence-electron chi connectivity index (χ2n) is 7.59. The Morgan fingerprint density at radius 2 is 1.70 bits per heavy atom. The van der Waals surface area contributed by atoms with Gasteiger partial charge >= 0.3 is 18.2 Å². The van der Waals surface area contributed by atoms with Gasteiger partial charge in [-0.3, -0.25) is 5.32 Å². The maximum absolute atomic E-state index is 13.0. The second-order valence-corrected chi connectivity index (χ2v) is 8.00. The first-order valence-electron chi connectivity index (χ1n) is 10.6. The van der Waals surface area contributed by atoms with Crippen LogP contribution < -0.4 is 21.3 Å². The van der Waals surface area contributed by atoms with Crippen LogP contribution in [0.5, 0.6) is 0 Å². The molecule has 0 aliphatic carbocycles. The van der Waals surface area contributed by atoms with Crippen LogP contribution in [0.2, 0.25) is 5.02 Å². The lowest BCUT2D eigenvalue weighted by Crippen LogP contribution is -2.29. The Balaban J connectivity index is 1.42. The highest BCUT2D eigenvalue weighted by Crippen LogP contribution is 2.42. The van der Waals surface area contributed by atoms with Crippen LogP contribution >= 0.6 is 11.6 Å². The molecule has 14 heteroatoms. The minimum atomic E-state index is -4.66. The number of azo groups is 1. The number of fused-ring (bicyclic) bond motifs is 1. The van der Waals surface area contributed by atoms with Crippen molar-refractivity contribution < 1.29 is 22.8 Å². The number of hydrogen-bond donors (Lipinski definition) is 4. The molecule has 0 spiro atoms. The number of rotatable bonds is 6. The minimum Gasteiger partial charge on any atom is -0.334 e. The van der Waals surface area contributed by atoms with Crippen LogP contribution in [0.4, 0.5) is 45.6 Å². The molecule has 1 aliphatic rings. The summed E-state index contributed by atoms with van der Waals surface area (Å²) in [5.41, 5.74) is 0.754. The van der Waals surface area contributed by atoms with Crippen LogP contribution in [-0.2, 0) is 6.18 Å². The lowest BCUT2D eigenvalue weighted by atomic mass is 10.0. The molecule has 2 heterocycles. The SMILES string of the molecule is C=CCNC(=O)Nc1ncnc2c1N=NC2c1ccc(NC(=O)Nc2ccc(Cl)c(C(F)(F)F)c2)cc1. The molecule has 3 aromatic rings. The molecular formula is C23H18ClF3N8O2. The molecule has 190 valence electrons.